The maximum atomic E-state index is 5.32. The standard InChI is InChI=1S/C17H20N4O2S/c1-4-5-6-15-18-19-17-21(15)20-16(24-17)10-8-12-7-9-13(22-2)14(11-12)23-3/h7-11H,4-6H2,1-3H3. The maximum absolute atomic E-state index is 5.32. The van der Waals surface area contributed by atoms with Crippen molar-refractivity contribution in [1.29, 1.82) is 0 Å². The number of hydrogen-bond donors (Lipinski definition) is 0. The molecule has 1 aromatic carbocycles. The number of nitrogens with zero attached hydrogens (tertiary/aromatic N) is 4. The van der Waals surface area contributed by atoms with Crippen LogP contribution >= 0.6 is 11.3 Å². The van der Waals surface area contributed by atoms with Crippen molar-refractivity contribution < 1.29 is 9.47 Å². The maximum Gasteiger partial charge on any atom is 0.234 e. The van der Waals surface area contributed by atoms with Crippen molar-refractivity contribution in [1.82, 2.24) is 19.8 Å². The zero-order chi connectivity index (χ0) is 16.9. The van der Waals surface area contributed by atoms with E-state index in [0.29, 0.717) is 11.5 Å². The molecule has 0 saturated carbocycles. The Morgan fingerprint density at radius 2 is 1.96 bits per heavy atom. The molecule has 7 heteroatoms. The smallest absolute Gasteiger partial charge is 0.234 e. The molecule has 0 N–H and O–H groups in total. The van der Waals surface area contributed by atoms with Gasteiger partial charge in [-0.2, -0.15) is 9.61 Å². The van der Waals surface area contributed by atoms with Crippen LogP contribution in [0.15, 0.2) is 18.2 Å². The van der Waals surface area contributed by atoms with Crippen LogP contribution in [0.3, 0.4) is 0 Å². The topological polar surface area (TPSA) is 61.5 Å². The van der Waals surface area contributed by atoms with Crippen LogP contribution in [0.5, 0.6) is 11.5 Å². The van der Waals surface area contributed by atoms with Gasteiger partial charge in [0.25, 0.3) is 0 Å². The van der Waals surface area contributed by atoms with Gasteiger partial charge in [-0.15, -0.1) is 10.2 Å². The van der Waals surface area contributed by atoms with Gasteiger partial charge in [0, 0.05) is 6.42 Å². The molecule has 0 fully saturated rings. The lowest BCUT2D eigenvalue weighted by Crippen LogP contribution is -1.95. The fraction of sp³-hybridized carbons (Fsp3) is 0.353. The van der Waals surface area contributed by atoms with Gasteiger partial charge in [-0.05, 0) is 30.2 Å². The molecule has 24 heavy (non-hydrogen) atoms. The molecule has 0 aliphatic carbocycles. The summed E-state index contributed by atoms with van der Waals surface area (Å²) in [6.07, 6.45) is 7.10. The van der Waals surface area contributed by atoms with E-state index in [4.69, 9.17) is 9.47 Å². The third-order valence-electron chi connectivity index (χ3n) is 3.65. The number of ether oxygens (including phenoxy) is 2. The van der Waals surface area contributed by atoms with Gasteiger partial charge in [-0.1, -0.05) is 36.8 Å². The van der Waals surface area contributed by atoms with Crippen LogP contribution in [0.4, 0.5) is 0 Å². The first-order valence-corrected chi connectivity index (χ1v) is 8.68. The van der Waals surface area contributed by atoms with E-state index in [0.717, 1.165) is 40.6 Å². The van der Waals surface area contributed by atoms with Crippen molar-refractivity contribution in [3.8, 4) is 11.5 Å². The van der Waals surface area contributed by atoms with Gasteiger partial charge >= 0.3 is 0 Å². The minimum absolute atomic E-state index is 0.708. The average molecular weight is 344 g/mol. The SMILES string of the molecule is CCCCc1nnc2sc(C=Cc3ccc(OC)c(OC)c3)nn12. The number of fused-ring (bicyclic) bond motifs is 1. The van der Waals surface area contributed by atoms with Crippen molar-refractivity contribution in [2.45, 2.75) is 26.2 Å². The van der Waals surface area contributed by atoms with Gasteiger partial charge < -0.3 is 9.47 Å². The van der Waals surface area contributed by atoms with E-state index in [1.807, 2.05) is 34.9 Å². The highest BCUT2D eigenvalue weighted by Crippen LogP contribution is 2.28. The summed E-state index contributed by atoms with van der Waals surface area (Å²) in [5.74, 6) is 2.35. The van der Waals surface area contributed by atoms with Crippen molar-refractivity contribution >= 4 is 28.4 Å². The molecule has 0 saturated heterocycles. The number of rotatable bonds is 7. The first-order valence-electron chi connectivity index (χ1n) is 7.86. The molecule has 6 nitrogen and oxygen atoms in total. The Kier molecular flexibility index (Phi) is 5.10. The van der Waals surface area contributed by atoms with Crippen LogP contribution in [0.2, 0.25) is 0 Å². The van der Waals surface area contributed by atoms with Gasteiger partial charge in [0.1, 0.15) is 5.01 Å². The number of methoxy groups -OCH3 is 2. The first kappa shape index (κ1) is 16.4. The second-order valence-electron chi connectivity index (χ2n) is 5.30. The Labute approximate surface area is 144 Å². The molecule has 126 valence electrons. The number of aromatic nitrogens is 4. The van der Waals surface area contributed by atoms with Crippen molar-refractivity contribution in [3.63, 3.8) is 0 Å². The number of aryl methyl sites for hydroxylation is 1. The number of unbranched alkanes of at least 4 members (excludes halogenated alkanes) is 1. The lowest BCUT2D eigenvalue weighted by atomic mass is 10.2. The van der Waals surface area contributed by atoms with Crippen LogP contribution in [0.25, 0.3) is 17.1 Å². The predicted octanol–water partition coefficient (Wildman–Crippen LogP) is 3.72. The minimum atomic E-state index is 0.708. The quantitative estimate of drug-likeness (QED) is 0.654. The number of benzene rings is 1. The van der Waals surface area contributed by atoms with Gasteiger partial charge in [-0.3, -0.25) is 0 Å². The Morgan fingerprint density at radius 1 is 1.12 bits per heavy atom. The summed E-state index contributed by atoms with van der Waals surface area (Å²) in [5.41, 5.74) is 1.02. The highest BCUT2D eigenvalue weighted by atomic mass is 32.1. The van der Waals surface area contributed by atoms with Crippen molar-refractivity contribution in [3.05, 3.63) is 34.6 Å². The Morgan fingerprint density at radius 3 is 2.71 bits per heavy atom. The number of hydrogen-bond acceptors (Lipinski definition) is 6. The van der Waals surface area contributed by atoms with E-state index in [9.17, 15) is 0 Å². The monoisotopic (exact) mass is 344 g/mol. The predicted molar refractivity (Wildman–Crippen MR) is 95.7 cm³/mol. The Balaban J connectivity index is 1.81. The van der Waals surface area contributed by atoms with Gasteiger partial charge in [0.2, 0.25) is 4.96 Å². The summed E-state index contributed by atoms with van der Waals surface area (Å²) >= 11 is 1.52. The molecule has 3 rings (SSSR count). The van der Waals surface area contributed by atoms with E-state index in [1.165, 1.54) is 11.3 Å². The lowest BCUT2D eigenvalue weighted by Gasteiger charge is -2.07. The molecule has 0 radical (unpaired) electrons. The summed E-state index contributed by atoms with van der Waals surface area (Å²) in [7, 11) is 3.26. The van der Waals surface area contributed by atoms with E-state index < -0.39 is 0 Å². The Bertz CT molecular complexity index is 854. The summed E-state index contributed by atoms with van der Waals surface area (Å²) in [6.45, 7) is 2.16. The first-order chi connectivity index (χ1) is 11.7. The molecule has 2 aromatic heterocycles. The van der Waals surface area contributed by atoms with Gasteiger partial charge in [0.15, 0.2) is 17.3 Å². The fourth-order valence-corrected chi connectivity index (χ4v) is 3.11. The van der Waals surface area contributed by atoms with Crippen molar-refractivity contribution in [2.24, 2.45) is 0 Å². The van der Waals surface area contributed by atoms with Crippen LogP contribution in [0, 0.1) is 0 Å². The van der Waals surface area contributed by atoms with Gasteiger partial charge in [0.05, 0.1) is 14.2 Å². The second kappa shape index (κ2) is 7.44. The van der Waals surface area contributed by atoms with E-state index in [2.05, 4.69) is 22.2 Å². The lowest BCUT2D eigenvalue weighted by molar-refractivity contribution is 0.355. The zero-order valence-electron chi connectivity index (χ0n) is 14.0. The van der Waals surface area contributed by atoms with Crippen LogP contribution in [0.1, 0.15) is 36.2 Å². The van der Waals surface area contributed by atoms with Crippen molar-refractivity contribution in [2.75, 3.05) is 14.2 Å². The van der Waals surface area contributed by atoms with Crippen LogP contribution in [-0.2, 0) is 6.42 Å². The Hall–Kier alpha value is -2.41. The highest BCUT2D eigenvalue weighted by molar-refractivity contribution is 7.17. The molecule has 3 aromatic rings. The summed E-state index contributed by atoms with van der Waals surface area (Å²) in [5, 5.41) is 13.9. The van der Waals surface area contributed by atoms with E-state index in [-0.39, 0.29) is 0 Å². The molecule has 0 bridgehead atoms. The molecule has 0 aliphatic rings. The molecule has 0 spiro atoms. The van der Waals surface area contributed by atoms with E-state index >= 15 is 0 Å². The molecule has 0 aliphatic heterocycles. The third kappa shape index (κ3) is 3.41. The molecular formula is C17H20N4O2S. The molecule has 0 amide bonds. The van der Waals surface area contributed by atoms with Crippen LogP contribution in [-0.4, -0.2) is 34.0 Å². The zero-order valence-corrected chi connectivity index (χ0v) is 14.8. The molecule has 0 atom stereocenters. The van der Waals surface area contributed by atoms with E-state index in [1.54, 1.807) is 14.2 Å². The summed E-state index contributed by atoms with van der Waals surface area (Å²) in [4.78, 5) is 0.827. The third-order valence-corrected chi connectivity index (χ3v) is 4.51. The summed E-state index contributed by atoms with van der Waals surface area (Å²) in [6, 6.07) is 5.80. The second-order valence-corrected chi connectivity index (χ2v) is 6.29. The molecule has 2 heterocycles. The largest absolute Gasteiger partial charge is 0.493 e. The fourth-order valence-electron chi connectivity index (χ4n) is 2.35. The van der Waals surface area contributed by atoms with Gasteiger partial charge in [-0.25, -0.2) is 0 Å². The summed E-state index contributed by atoms with van der Waals surface area (Å²) < 4.78 is 12.4. The normalized spacial score (nSPS) is 11.5. The molecule has 0 unspecified atom stereocenters. The highest BCUT2D eigenvalue weighted by Gasteiger charge is 2.10. The average Bonchev–Trinajstić information content (AvgIpc) is 3.18. The van der Waals surface area contributed by atoms with Crippen LogP contribution < -0.4 is 9.47 Å². The minimum Gasteiger partial charge on any atom is -0.493 e. The molecular weight excluding hydrogens is 324 g/mol.